The summed E-state index contributed by atoms with van der Waals surface area (Å²) in [5, 5.41) is 9.44. The van der Waals surface area contributed by atoms with Crippen molar-refractivity contribution >= 4 is 10.0 Å². The molecule has 4 nitrogen and oxygen atoms in total. The summed E-state index contributed by atoms with van der Waals surface area (Å²) < 4.78 is 27.4. The molecule has 2 rings (SSSR count). The van der Waals surface area contributed by atoms with E-state index in [1.165, 1.54) is 0 Å². The van der Waals surface area contributed by atoms with E-state index in [-0.39, 0.29) is 12.1 Å². The number of aliphatic hydroxyl groups is 1. The molecule has 1 saturated carbocycles. The molecule has 0 radical (unpaired) electrons. The molecule has 0 aromatic heterocycles. The summed E-state index contributed by atoms with van der Waals surface area (Å²) >= 11 is 0. The second-order valence-electron chi connectivity index (χ2n) is 5.40. The van der Waals surface area contributed by atoms with Crippen LogP contribution >= 0.6 is 0 Å². The Hall–Kier alpha value is -0.910. The van der Waals surface area contributed by atoms with Crippen LogP contribution in [0.2, 0.25) is 0 Å². The molecule has 2 N–H and O–H groups in total. The van der Waals surface area contributed by atoms with E-state index in [2.05, 4.69) is 4.72 Å². The first-order valence-corrected chi connectivity index (χ1v) is 8.14. The molecule has 0 unspecified atom stereocenters. The maximum Gasteiger partial charge on any atom is 0.241 e. The fourth-order valence-electron chi connectivity index (χ4n) is 2.58. The van der Waals surface area contributed by atoms with Crippen LogP contribution in [0.15, 0.2) is 23.1 Å². The molecule has 1 fully saturated rings. The van der Waals surface area contributed by atoms with Gasteiger partial charge < -0.3 is 5.11 Å². The van der Waals surface area contributed by atoms with Crippen molar-refractivity contribution in [1.82, 2.24) is 4.72 Å². The number of rotatable bonds is 3. The minimum absolute atomic E-state index is 0.0610. The molecule has 1 aromatic carbocycles. The molecule has 19 heavy (non-hydrogen) atoms. The van der Waals surface area contributed by atoms with Crippen molar-refractivity contribution in [2.75, 3.05) is 0 Å². The van der Waals surface area contributed by atoms with Crippen molar-refractivity contribution in [3.63, 3.8) is 0 Å². The van der Waals surface area contributed by atoms with Crippen molar-refractivity contribution in [3.8, 4) is 0 Å². The number of sulfonamides is 1. The summed E-state index contributed by atoms with van der Waals surface area (Å²) in [5.74, 6) is 0. The molecule has 0 aliphatic heterocycles. The van der Waals surface area contributed by atoms with Crippen LogP contribution in [-0.4, -0.2) is 25.7 Å². The minimum atomic E-state index is -3.46. The van der Waals surface area contributed by atoms with Gasteiger partial charge in [-0.2, -0.15) is 0 Å². The first-order valence-electron chi connectivity index (χ1n) is 6.66. The Morgan fingerprint density at radius 1 is 1.16 bits per heavy atom. The van der Waals surface area contributed by atoms with E-state index < -0.39 is 10.0 Å². The van der Waals surface area contributed by atoms with Crippen LogP contribution in [0.1, 0.15) is 36.8 Å². The quantitative estimate of drug-likeness (QED) is 0.890. The standard InChI is InChI=1S/C14H21NO3S/c1-10-3-8-14(11(2)9-10)19(17,18)15-12-4-6-13(16)7-5-12/h3,8-9,12-13,15-16H,4-7H2,1-2H3. The van der Waals surface area contributed by atoms with E-state index in [9.17, 15) is 13.5 Å². The van der Waals surface area contributed by atoms with Gasteiger partial charge in [0.25, 0.3) is 0 Å². The Morgan fingerprint density at radius 3 is 2.37 bits per heavy atom. The van der Waals surface area contributed by atoms with Crippen molar-refractivity contribution in [3.05, 3.63) is 29.3 Å². The summed E-state index contributed by atoms with van der Waals surface area (Å²) in [6, 6.07) is 5.28. The van der Waals surface area contributed by atoms with Crippen LogP contribution in [0.5, 0.6) is 0 Å². The van der Waals surface area contributed by atoms with E-state index in [0.717, 1.165) is 11.1 Å². The number of aliphatic hydroxyl groups excluding tert-OH is 1. The SMILES string of the molecule is Cc1ccc(S(=O)(=O)NC2CCC(O)CC2)c(C)c1. The lowest BCUT2D eigenvalue weighted by atomic mass is 9.94. The van der Waals surface area contributed by atoms with Crippen LogP contribution < -0.4 is 4.72 Å². The molecular weight excluding hydrogens is 262 g/mol. The predicted molar refractivity (Wildman–Crippen MR) is 74.5 cm³/mol. The minimum Gasteiger partial charge on any atom is -0.393 e. The highest BCUT2D eigenvalue weighted by Crippen LogP contribution is 2.22. The summed E-state index contributed by atoms with van der Waals surface area (Å²) in [7, 11) is -3.46. The zero-order valence-corrected chi connectivity index (χ0v) is 12.2. The van der Waals surface area contributed by atoms with Crippen LogP contribution in [-0.2, 0) is 10.0 Å². The molecule has 1 aliphatic rings. The summed E-state index contributed by atoms with van der Waals surface area (Å²) in [6.45, 7) is 3.76. The lowest BCUT2D eigenvalue weighted by Crippen LogP contribution is -2.38. The molecule has 0 spiro atoms. The van der Waals surface area contributed by atoms with Gasteiger partial charge in [0.1, 0.15) is 0 Å². The average molecular weight is 283 g/mol. The number of aryl methyl sites for hydroxylation is 2. The molecule has 0 amide bonds. The monoisotopic (exact) mass is 283 g/mol. The normalized spacial score (nSPS) is 24.4. The van der Waals surface area contributed by atoms with Gasteiger partial charge in [-0.3, -0.25) is 0 Å². The summed E-state index contributed by atoms with van der Waals surface area (Å²) in [5.41, 5.74) is 1.82. The highest BCUT2D eigenvalue weighted by molar-refractivity contribution is 7.89. The fourth-order valence-corrected chi connectivity index (χ4v) is 4.11. The zero-order chi connectivity index (χ0) is 14.0. The topological polar surface area (TPSA) is 66.4 Å². The highest BCUT2D eigenvalue weighted by atomic mass is 32.2. The largest absolute Gasteiger partial charge is 0.393 e. The van der Waals surface area contributed by atoms with Crippen molar-refractivity contribution in [2.45, 2.75) is 56.6 Å². The molecular formula is C14H21NO3S. The lowest BCUT2D eigenvalue weighted by molar-refractivity contribution is 0.120. The maximum absolute atomic E-state index is 12.3. The van der Waals surface area contributed by atoms with E-state index in [1.807, 2.05) is 26.0 Å². The van der Waals surface area contributed by atoms with Crippen molar-refractivity contribution in [2.24, 2.45) is 0 Å². The van der Waals surface area contributed by atoms with E-state index in [1.54, 1.807) is 6.07 Å². The van der Waals surface area contributed by atoms with Crippen LogP contribution in [0, 0.1) is 13.8 Å². The third-order valence-corrected chi connectivity index (χ3v) is 5.32. The van der Waals surface area contributed by atoms with Gasteiger partial charge in [0.15, 0.2) is 0 Å². The maximum atomic E-state index is 12.3. The number of hydrogen-bond acceptors (Lipinski definition) is 3. The second kappa shape index (κ2) is 5.61. The van der Waals surface area contributed by atoms with E-state index in [4.69, 9.17) is 0 Å². The summed E-state index contributed by atoms with van der Waals surface area (Å²) in [4.78, 5) is 0.351. The van der Waals surface area contributed by atoms with Crippen molar-refractivity contribution in [1.29, 1.82) is 0 Å². The Kier molecular flexibility index (Phi) is 4.28. The van der Waals surface area contributed by atoms with Gasteiger partial charge in [0, 0.05) is 6.04 Å². The van der Waals surface area contributed by atoms with Crippen LogP contribution in [0.4, 0.5) is 0 Å². The van der Waals surface area contributed by atoms with Gasteiger partial charge >= 0.3 is 0 Å². The van der Waals surface area contributed by atoms with Gasteiger partial charge in [0.05, 0.1) is 11.0 Å². The third-order valence-electron chi connectivity index (χ3n) is 3.64. The number of hydrogen-bond donors (Lipinski definition) is 2. The Balaban J connectivity index is 2.14. The Labute approximate surface area is 114 Å². The predicted octanol–water partition coefficient (Wildman–Crippen LogP) is 1.89. The van der Waals surface area contributed by atoms with Crippen LogP contribution in [0.3, 0.4) is 0 Å². The second-order valence-corrected chi connectivity index (χ2v) is 7.08. The average Bonchev–Trinajstić information content (AvgIpc) is 2.31. The summed E-state index contributed by atoms with van der Waals surface area (Å²) in [6.07, 6.45) is 2.46. The number of nitrogens with one attached hydrogen (secondary N) is 1. The van der Waals surface area contributed by atoms with E-state index in [0.29, 0.717) is 30.6 Å². The van der Waals surface area contributed by atoms with Crippen molar-refractivity contribution < 1.29 is 13.5 Å². The Morgan fingerprint density at radius 2 is 1.79 bits per heavy atom. The van der Waals surface area contributed by atoms with E-state index >= 15 is 0 Å². The molecule has 0 bridgehead atoms. The lowest BCUT2D eigenvalue weighted by Gasteiger charge is -2.26. The van der Waals surface area contributed by atoms with Gasteiger partial charge in [-0.25, -0.2) is 13.1 Å². The third kappa shape index (κ3) is 3.55. The van der Waals surface area contributed by atoms with Gasteiger partial charge in [-0.1, -0.05) is 17.7 Å². The van der Waals surface area contributed by atoms with Gasteiger partial charge in [0.2, 0.25) is 10.0 Å². The molecule has 1 aliphatic carbocycles. The first kappa shape index (κ1) is 14.5. The Bertz CT molecular complexity index is 546. The first-order chi connectivity index (χ1) is 8.88. The molecule has 1 aromatic rings. The smallest absolute Gasteiger partial charge is 0.241 e. The molecule has 0 heterocycles. The fraction of sp³-hybridized carbons (Fsp3) is 0.571. The molecule has 5 heteroatoms. The van der Waals surface area contributed by atoms with Gasteiger partial charge in [-0.05, 0) is 51.2 Å². The van der Waals surface area contributed by atoms with Gasteiger partial charge in [-0.15, -0.1) is 0 Å². The molecule has 0 saturated heterocycles. The molecule has 0 atom stereocenters. The zero-order valence-electron chi connectivity index (χ0n) is 11.4. The van der Waals surface area contributed by atoms with Crippen LogP contribution in [0.25, 0.3) is 0 Å². The highest BCUT2D eigenvalue weighted by Gasteiger charge is 2.25. The number of benzene rings is 1. The molecule has 106 valence electrons.